The Morgan fingerprint density at radius 3 is 2.75 bits per heavy atom. The number of hydrogen-bond donors (Lipinski definition) is 2. The molecule has 2 N–H and O–H groups in total. The lowest BCUT2D eigenvalue weighted by molar-refractivity contribution is -0.147. The fourth-order valence-electron chi connectivity index (χ4n) is 3.23. The van der Waals surface area contributed by atoms with Crippen molar-refractivity contribution in [2.45, 2.75) is 38.1 Å². The van der Waals surface area contributed by atoms with Crippen LogP contribution in [0.3, 0.4) is 0 Å². The number of carbonyl (C=O) groups is 4. The molecule has 1 aliphatic carbocycles. The third kappa shape index (κ3) is 4.44. The van der Waals surface area contributed by atoms with Crippen LogP contribution in [0.5, 0.6) is 0 Å². The third-order valence-electron chi connectivity index (χ3n) is 4.85. The Kier molecular flexibility index (Phi) is 5.87. The largest absolute Gasteiger partial charge is 0.452 e. The summed E-state index contributed by atoms with van der Waals surface area (Å²) in [6.07, 6.45) is 5.20. The minimum absolute atomic E-state index is 0.430. The zero-order chi connectivity index (χ0) is 20.3. The Morgan fingerprint density at radius 1 is 1.39 bits per heavy atom. The predicted molar refractivity (Wildman–Crippen MR) is 100 cm³/mol. The summed E-state index contributed by atoms with van der Waals surface area (Å²) < 4.78 is 10.5. The zero-order valence-electron chi connectivity index (χ0n) is 15.2. The number of ether oxygens (including phenoxy) is 1. The van der Waals surface area contributed by atoms with E-state index in [0.717, 1.165) is 18.9 Å². The lowest BCUT2D eigenvalue weighted by Crippen LogP contribution is -2.52. The molecular weight excluding hydrogens is 434 g/mol. The number of nitrogens with zero attached hydrogens (tertiary/aromatic N) is 1. The number of halogens is 1. The van der Waals surface area contributed by atoms with Gasteiger partial charge in [-0.3, -0.25) is 15.0 Å². The number of rotatable bonds is 5. The highest BCUT2D eigenvalue weighted by molar-refractivity contribution is 9.10. The minimum Gasteiger partial charge on any atom is -0.452 e. The molecule has 0 bridgehead atoms. The molecule has 1 spiro atoms. The molecule has 3 rings (SSSR count). The molecule has 0 aromatic carbocycles. The number of imide groups is 1. The average Bonchev–Trinajstić information content (AvgIpc) is 3.17. The van der Waals surface area contributed by atoms with Crippen LogP contribution in [0.25, 0.3) is 6.08 Å². The maximum Gasteiger partial charge on any atom is 0.344 e. The van der Waals surface area contributed by atoms with Crippen molar-refractivity contribution in [2.75, 3.05) is 6.61 Å². The van der Waals surface area contributed by atoms with E-state index in [-0.39, 0.29) is 0 Å². The van der Waals surface area contributed by atoms with Gasteiger partial charge in [0.1, 0.15) is 11.3 Å². The summed E-state index contributed by atoms with van der Waals surface area (Å²) in [6, 6.07) is 2.62. The summed E-state index contributed by atoms with van der Waals surface area (Å²) in [5, 5.41) is 3.36. The Balaban J connectivity index is 1.49. The summed E-state index contributed by atoms with van der Waals surface area (Å²) in [7, 11) is 0. The second kappa shape index (κ2) is 8.17. The summed E-state index contributed by atoms with van der Waals surface area (Å²) in [6.45, 7) is 1.47. The van der Waals surface area contributed by atoms with Crippen LogP contribution in [-0.4, -0.2) is 41.0 Å². The van der Waals surface area contributed by atoms with E-state index in [2.05, 4.69) is 33.6 Å². The summed E-state index contributed by atoms with van der Waals surface area (Å²) in [4.78, 5) is 48.4. The number of esters is 1. The first kappa shape index (κ1) is 20.1. The predicted octanol–water partition coefficient (Wildman–Crippen LogP) is 2.13. The fraction of sp³-hybridized carbons (Fsp3) is 0.444. The van der Waals surface area contributed by atoms with Crippen LogP contribution in [0.4, 0.5) is 4.79 Å². The number of amides is 4. The average molecular weight is 454 g/mol. The Morgan fingerprint density at radius 2 is 2.11 bits per heavy atom. The molecule has 10 heteroatoms. The van der Waals surface area contributed by atoms with E-state index in [1.54, 1.807) is 12.1 Å². The van der Waals surface area contributed by atoms with Gasteiger partial charge in [0, 0.05) is 6.08 Å². The first-order chi connectivity index (χ1) is 13.3. The van der Waals surface area contributed by atoms with Crippen molar-refractivity contribution in [3.8, 4) is 0 Å². The van der Waals surface area contributed by atoms with Crippen LogP contribution in [-0.2, 0) is 19.1 Å². The van der Waals surface area contributed by atoms with E-state index >= 15 is 0 Å². The molecular formula is C18H20BrN3O6. The third-order valence-corrected chi connectivity index (χ3v) is 5.28. The van der Waals surface area contributed by atoms with Gasteiger partial charge in [-0.2, -0.15) is 5.01 Å². The number of hydrazine groups is 1. The standard InChI is InChI=1S/C18H20BrN3O6/c1-11-6-8-18(9-7-11)16(25)22(17(26)20-18)21-14(23)10-27-15(24)5-3-12-2-4-13(19)28-12/h2-5,11H,6-10H2,1H3,(H,20,26)(H,21,23)/b5-3+. The fourth-order valence-corrected chi connectivity index (χ4v) is 3.54. The molecule has 2 aliphatic rings. The summed E-state index contributed by atoms with van der Waals surface area (Å²) in [5.41, 5.74) is 1.25. The smallest absolute Gasteiger partial charge is 0.344 e. The monoisotopic (exact) mass is 453 g/mol. The second-order valence-electron chi connectivity index (χ2n) is 6.95. The van der Waals surface area contributed by atoms with Crippen molar-refractivity contribution < 1.29 is 28.3 Å². The van der Waals surface area contributed by atoms with Crippen molar-refractivity contribution in [3.63, 3.8) is 0 Å². The van der Waals surface area contributed by atoms with Gasteiger partial charge in [0.15, 0.2) is 11.3 Å². The van der Waals surface area contributed by atoms with Crippen LogP contribution in [0.1, 0.15) is 38.4 Å². The first-order valence-electron chi connectivity index (χ1n) is 8.85. The number of hydrogen-bond acceptors (Lipinski definition) is 6. The van der Waals surface area contributed by atoms with Gasteiger partial charge in [-0.05, 0) is 65.7 Å². The molecule has 0 unspecified atom stereocenters. The molecule has 1 aromatic rings. The summed E-state index contributed by atoms with van der Waals surface area (Å²) >= 11 is 3.14. The van der Waals surface area contributed by atoms with Crippen LogP contribution >= 0.6 is 15.9 Å². The van der Waals surface area contributed by atoms with Gasteiger partial charge >= 0.3 is 12.0 Å². The van der Waals surface area contributed by atoms with E-state index in [4.69, 9.17) is 9.15 Å². The molecule has 150 valence electrons. The molecule has 9 nitrogen and oxygen atoms in total. The molecule has 1 aliphatic heterocycles. The number of urea groups is 1. The highest BCUT2D eigenvalue weighted by atomic mass is 79.9. The molecule has 28 heavy (non-hydrogen) atoms. The van der Waals surface area contributed by atoms with Crippen LogP contribution < -0.4 is 10.7 Å². The van der Waals surface area contributed by atoms with Gasteiger partial charge in [-0.15, -0.1) is 0 Å². The van der Waals surface area contributed by atoms with Crippen molar-refractivity contribution in [1.82, 2.24) is 15.8 Å². The first-order valence-corrected chi connectivity index (χ1v) is 9.65. The lowest BCUT2D eigenvalue weighted by Gasteiger charge is -2.33. The van der Waals surface area contributed by atoms with Gasteiger partial charge in [0.2, 0.25) is 0 Å². The van der Waals surface area contributed by atoms with Crippen molar-refractivity contribution >= 4 is 45.8 Å². The topological polar surface area (TPSA) is 118 Å². The minimum atomic E-state index is -0.951. The van der Waals surface area contributed by atoms with Crippen LogP contribution in [0.15, 0.2) is 27.3 Å². The normalized spacial score (nSPS) is 24.6. The summed E-state index contributed by atoms with van der Waals surface area (Å²) in [5.74, 6) is -1.11. The number of furan rings is 1. The van der Waals surface area contributed by atoms with E-state index in [1.807, 2.05) is 0 Å². The molecule has 2 fully saturated rings. The molecule has 0 radical (unpaired) electrons. The second-order valence-corrected chi connectivity index (χ2v) is 7.73. The van der Waals surface area contributed by atoms with Crippen molar-refractivity contribution in [2.24, 2.45) is 5.92 Å². The van der Waals surface area contributed by atoms with Crippen molar-refractivity contribution in [3.05, 3.63) is 28.6 Å². The van der Waals surface area contributed by atoms with Gasteiger partial charge in [-0.1, -0.05) is 6.92 Å². The number of nitrogens with one attached hydrogen (secondary N) is 2. The highest BCUT2D eigenvalue weighted by Crippen LogP contribution is 2.35. The number of carbonyl (C=O) groups excluding carboxylic acids is 4. The maximum atomic E-state index is 12.6. The molecule has 4 amide bonds. The van der Waals surface area contributed by atoms with E-state index in [0.29, 0.717) is 34.2 Å². The molecule has 1 saturated heterocycles. The molecule has 0 atom stereocenters. The Labute approximate surface area is 169 Å². The van der Waals surface area contributed by atoms with Crippen molar-refractivity contribution in [1.29, 1.82) is 0 Å². The molecule has 2 heterocycles. The van der Waals surface area contributed by atoms with Gasteiger partial charge < -0.3 is 14.5 Å². The maximum absolute atomic E-state index is 12.6. The van der Waals surface area contributed by atoms with E-state index < -0.39 is 36.0 Å². The van der Waals surface area contributed by atoms with Gasteiger partial charge in [0.05, 0.1) is 0 Å². The van der Waals surface area contributed by atoms with E-state index in [9.17, 15) is 19.2 Å². The Bertz CT molecular complexity index is 825. The highest BCUT2D eigenvalue weighted by Gasteiger charge is 2.52. The molecule has 1 aromatic heterocycles. The van der Waals surface area contributed by atoms with Crippen LogP contribution in [0, 0.1) is 5.92 Å². The quantitative estimate of drug-likeness (QED) is 0.400. The van der Waals surface area contributed by atoms with Gasteiger partial charge in [0.25, 0.3) is 11.8 Å². The SMILES string of the molecule is CC1CCC2(CC1)NC(=O)N(NC(=O)COC(=O)/C=C/c1ccc(Br)o1)C2=O. The Hall–Kier alpha value is -2.62. The van der Waals surface area contributed by atoms with E-state index in [1.165, 1.54) is 6.08 Å². The zero-order valence-corrected chi connectivity index (χ0v) is 16.8. The molecule has 1 saturated carbocycles. The van der Waals surface area contributed by atoms with Gasteiger partial charge in [-0.25, -0.2) is 9.59 Å². The lowest BCUT2D eigenvalue weighted by atomic mass is 9.77. The van der Waals surface area contributed by atoms with Crippen LogP contribution in [0.2, 0.25) is 0 Å².